The first-order valence-corrected chi connectivity index (χ1v) is 8.89. The Labute approximate surface area is 128 Å². The standard InChI is InChI=1S/C17H29NOS/c1-15-6-8-16(9-7-15)13-17(5-4-12-20-3)14-18-10-11-19-2/h6-9,17-18H,4-5,10-14H2,1-3H3. The maximum Gasteiger partial charge on any atom is 0.0587 e. The van der Waals surface area contributed by atoms with Crippen molar-refractivity contribution in [2.24, 2.45) is 5.92 Å². The van der Waals surface area contributed by atoms with Crippen LogP contribution in [0.2, 0.25) is 0 Å². The minimum Gasteiger partial charge on any atom is -0.383 e. The zero-order chi connectivity index (χ0) is 14.6. The lowest BCUT2D eigenvalue weighted by Gasteiger charge is -2.18. The molecule has 0 radical (unpaired) electrons. The molecule has 3 heteroatoms. The van der Waals surface area contributed by atoms with Gasteiger partial charge in [-0.15, -0.1) is 0 Å². The van der Waals surface area contributed by atoms with Gasteiger partial charge in [-0.1, -0.05) is 29.8 Å². The van der Waals surface area contributed by atoms with Crippen LogP contribution in [-0.2, 0) is 11.2 Å². The Balaban J connectivity index is 2.41. The number of methoxy groups -OCH3 is 1. The van der Waals surface area contributed by atoms with Gasteiger partial charge in [0.2, 0.25) is 0 Å². The molecule has 0 bridgehead atoms. The Kier molecular flexibility index (Phi) is 9.81. The SMILES string of the molecule is COCCNCC(CCCSC)Cc1ccc(C)cc1. The molecule has 0 aliphatic heterocycles. The van der Waals surface area contributed by atoms with Crippen LogP contribution in [0.4, 0.5) is 0 Å². The number of hydrogen-bond acceptors (Lipinski definition) is 3. The normalized spacial score (nSPS) is 12.6. The summed E-state index contributed by atoms with van der Waals surface area (Å²) in [6, 6.07) is 8.97. The zero-order valence-corrected chi connectivity index (χ0v) is 14.0. The molecule has 1 atom stereocenters. The lowest BCUT2D eigenvalue weighted by molar-refractivity contribution is 0.197. The largest absolute Gasteiger partial charge is 0.383 e. The van der Waals surface area contributed by atoms with Crippen LogP contribution >= 0.6 is 11.8 Å². The van der Waals surface area contributed by atoms with Gasteiger partial charge in [0, 0.05) is 13.7 Å². The number of rotatable bonds is 11. The highest BCUT2D eigenvalue weighted by Crippen LogP contribution is 2.16. The Bertz CT molecular complexity index is 339. The Morgan fingerprint density at radius 1 is 1.25 bits per heavy atom. The van der Waals surface area contributed by atoms with Crippen molar-refractivity contribution in [1.29, 1.82) is 0 Å². The van der Waals surface area contributed by atoms with Crippen molar-refractivity contribution >= 4 is 11.8 Å². The van der Waals surface area contributed by atoms with Gasteiger partial charge in [0.15, 0.2) is 0 Å². The molecule has 20 heavy (non-hydrogen) atoms. The molecule has 1 aromatic rings. The quantitative estimate of drug-likeness (QED) is 0.631. The minimum atomic E-state index is 0.724. The fourth-order valence-corrected chi connectivity index (χ4v) is 2.79. The van der Waals surface area contributed by atoms with Crippen molar-refractivity contribution in [1.82, 2.24) is 5.32 Å². The minimum absolute atomic E-state index is 0.724. The average Bonchev–Trinajstić information content (AvgIpc) is 2.46. The number of aryl methyl sites for hydroxylation is 1. The van der Waals surface area contributed by atoms with Crippen molar-refractivity contribution in [3.05, 3.63) is 35.4 Å². The molecule has 1 rings (SSSR count). The van der Waals surface area contributed by atoms with Crippen molar-refractivity contribution in [3.8, 4) is 0 Å². The molecule has 0 saturated carbocycles. The summed E-state index contributed by atoms with van der Waals surface area (Å²) in [5, 5.41) is 3.51. The average molecular weight is 295 g/mol. The van der Waals surface area contributed by atoms with Crippen LogP contribution in [0.25, 0.3) is 0 Å². The summed E-state index contributed by atoms with van der Waals surface area (Å²) in [7, 11) is 1.75. The molecule has 0 amide bonds. The third-order valence-corrected chi connectivity index (χ3v) is 4.22. The lowest BCUT2D eigenvalue weighted by Crippen LogP contribution is -2.27. The van der Waals surface area contributed by atoms with Crippen molar-refractivity contribution in [2.45, 2.75) is 26.2 Å². The zero-order valence-electron chi connectivity index (χ0n) is 13.2. The monoisotopic (exact) mass is 295 g/mol. The summed E-state index contributed by atoms with van der Waals surface area (Å²) in [4.78, 5) is 0. The summed E-state index contributed by atoms with van der Waals surface area (Å²) in [5.41, 5.74) is 2.80. The summed E-state index contributed by atoms with van der Waals surface area (Å²) >= 11 is 1.94. The van der Waals surface area contributed by atoms with Crippen LogP contribution in [0.1, 0.15) is 24.0 Å². The second-order valence-corrected chi connectivity index (χ2v) is 6.37. The third-order valence-electron chi connectivity index (χ3n) is 3.52. The Hall–Kier alpha value is -0.510. The maximum absolute atomic E-state index is 5.09. The van der Waals surface area contributed by atoms with E-state index >= 15 is 0 Å². The smallest absolute Gasteiger partial charge is 0.0587 e. The van der Waals surface area contributed by atoms with E-state index in [2.05, 4.69) is 42.8 Å². The topological polar surface area (TPSA) is 21.3 Å². The van der Waals surface area contributed by atoms with E-state index < -0.39 is 0 Å². The van der Waals surface area contributed by atoms with E-state index in [0.717, 1.165) is 25.6 Å². The second kappa shape index (κ2) is 11.2. The first-order chi connectivity index (χ1) is 9.76. The van der Waals surface area contributed by atoms with E-state index in [1.54, 1.807) is 7.11 Å². The van der Waals surface area contributed by atoms with Gasteiger partial charge in [-0.3, -0.25) is 0 Å². The third kappa shape index (κ3) is 7.93. The molecule has 0 aliphatic carbocycles. The molecular formula is C17H29NOS. The van der Waals surface area contributed by atoms with Crippen LogP contribution in [-0.4, -0.2) is 38.8 Å². The number of nitrogens with one attached hydrogen (secondary N) is 1. The van der Waals surface area contributed by atoms with Crippen LogP contribution in [0.5, 0.6) is 0 Å². The molecular weight excluding hydrogens is 266 g/mol. The van der Waals surface area contributed by atoms with Gasteiger partial charge in [0.25, 0.3) is 0 Å². The van der Waals surface area contributed by atoms with E-state index in [4.69, 9.17) is 4.74 Å². The Morgan fingerprint density at radius 3 is 2.65 bits per heavy atom. The van der Waals surface area contributed by atoms with Crippen molar-refractivity contribution in [2.75, 3.05) is 38.8 Å². The maximum atomic E-state index is 5.09. The summed E-state index contributed by atoms with van der Waals surface area (Å²) in [6.07, 6.45) is 5.97. The van der Waals surface area contributed by atoms with E-state index in [9.17, 15) is 0 Å². The fraction of sp³-hybridized carbons (Fsp3) is 0.647. The van der Waals surface area contributed by atoms with Gasteiger partial charge in [0.1, 0.15) is 0 Å². The number of ether oxygens (including phenoxy) is 1. The summed E-state index contributed by atoms with van der Waals surface area (Å²) in [6.45, 7) is 4.98. The Morgan fingerprint density at radius 2 is 2.00 bits per heavy atom. The molecule has 0 heterocycles. The van der Waals surface area contributed by atoms with Crippen LogP contribution in [0.15, 0.2) is 24.3 Å². The lowest BCUT2D eigenvalue weighted by atomic mass is 9.94. The van der Waals surface area contributed by atoms with Crippen LogP contribution in [0, 0.1) is 12.8 Å². The molecule has 0 saturated heterocycles. The highest BCUT2D eigenvalue weighted by molar-refractivity contribution is 7.98. The highest BCUT2D eigenvalue weighted by Gasteiger charge is 2.09. The van der Waals surface area contributed by atoms with Gasteiger partial charge in [-0.25, -0.2) is 0 Å². The van der Waals surface area contributed by atoms with E-state index in [1.807, 2.05) is 11.8 Å². The van der Waals surface area contributed by atoms with Gasteiger partial charge >= 0.3 is 0 Å². The predicted molar refractivity (Wildman–Crippen MR) is 90.7 cm³/mol. The molecule has 0 aliphatic rings. The second-order valence-electron chi connectivity index (χ2n) is 5.39. The molecule has 1 aromatic carbocycles. The number of hydrogen-bond donors (Lipinski definition) is 1. The molecule has 0 aromatic heterocycles. The van der Waals surface area contributed by atoms with Crippen molar-refractivity contribution < 1.29 is 4.74 Å². The predicted octanol–water partition coefficient (Wildman–Crippen LogP) is 3.53. The molecule has 0 fully saturated rings. The molecule has 1 unspecified atom stereocenters. The first-order valence-electron chi connectivity index (χ1n) is 7.50. The van der Waals surface area contributed by atoms with Gasteiger partial charge in [0.05, 0.1) is 6.61 Å². The molecule has 1 N–H and O–H groups in total. The molecule has 0 spiro atoms. The van der Waals surface area contributed by atoms with E-state index in [-0.39, 0.29) is 0 Å². The summed E-state index contributed by atoms with van der Waals surface area (Å²) < 4.78 is 5.09. The van der Waals surface area contributed by atoms with Gasteiger partial charge in [-0.05, 0) is 56.2 Å². The molecule has 2 nitrogen and oxygen atoms in total. The number of thioether (sulfide) groups is 1. The number of benzene rings is 1. The molecule has 114 valence electrons. The fourth-order valence-electron chi connectivity index (χ4n) is 2.33. The van der Waals surface area contributed by atoms with Crippen molar-refractivity contribution in [3.63, 3.8) is 0 Å². The van der Waals surface area contributed by atoms with Gasteiger partial charge < -0.3 is 10.1 Å². The van der Waals surface area contributed by atoms with Crippen LogP contribution < -0.4 is 5.32 Å². The highest BCUT2D eigenvalue weighted by atomic mass is 32.2. The van der Waals surface area contributed by atoms with Crippen LogP contribution in [0.3, 0.4) is 0 Å². The van der Waals surface area contributed by atoms with Gasteiger partial charge in [-0.2, -0.15) is 11.8 Å². The van der Waals surface area contributed by atoms with E-state index in [1.165, 1.54) is 36.1 Å². The van der Waals surface area contributed by atoms with E-state index in [0.29, 0.717) is 0 Å². The first kappa shape index (κ1) is 17.5. The summed E-state index contributed by atoms with van der Waals surface area (Å²) in [5.74, 6) is 1.99.